The van der Waals surface area contributed by atoms with E-state index in [-0.39, 0.29) is 23.2 Å². The van der Waals surface area contributed by atoms with Gasteiger partial charge in [0, 0.05) is 28.1 Å². The van der Waals surface area contributed by atoms with Gasteiger partial charge in [0.05, 0.1) is 12.1 Å². The minimum Gasteiger partial charge on any atom is -0.493 e. The van der Waals surface area contributed by atoms with Crippen molar-refractivity contribution in [3.63, 3.8) is 0 Å². The number of hydrogen-bond donors (Lipinski definition) is 0. The summed E-state index contributed by atoms with van der Waals surface area (Å²) in [5.41, 5.74) is 0.158. The molecule has 1 heterocycles. The Morgan fingerprint density at radius 2 is 1.88 bits per heavy atom. The molecule has 0 aliphatic rings. The van der Waals surface area contributed by atoms with Gasteiger partial charge in [-0.05, 0) is 30.3 Å². The summed E-state index contributed by atoms with van der Waals surface area (Å²) in [4.78, 5) is 23.6. The van der Waals surface area contributed by atoms with E-state index >= 15 is 0 Å². The third-order valence-corrected chi connectivity index (χ3v) is 4.04. The van der Waals surface area contributed by atoms with E-state index in [4.69, 9.17) is 37.1 Å². The van der Waals surface area contributed by atoms with E-state index in [1.165, 1.54) is 31.4 Å². The zero-order valence-electron chi connectivity index (χ0n) is 13.0. The molecule has 0 saturated carbocycles. The van der Waals surface area contributed by atoms with Gasteiger partial charge in [-0.3, -0.25) is 4.79 Å². The number of Topliss-reactive ketones (excluding diaryl/α,β-unsaturated/α-hetero) is 1. The highest BCUT2D eigenvalue weighted by molar-refractivity contribution is 6.36. The SMILES string of the molecule is COc1cc2ccc(=O)oc2cc1OCC(=O)c1ccc(Cl)cc1Cl. The van der Waals surface area contributed by atoms with Crippen molar-refractivity contribution in [1.82, 2.24) is 0 Å². The van der Waals surface area contributed by atoms with Crippen molar-refractivity contribution in [2.45, 2.75) is 0 Å². The van der Waals surface area contributed by atoms with Gasteiger partial charge in [0.2, 0.25) is 5.78 Å². The molecule has 0 saturated heterocycles. The molecule has 0 unspecified atom stereocenters. The Bertz CT molecular complexity index is 1010. The topological polar surface area (TPSA) is 65.7 Å². The van der Waals surface area contributed by atoms with Crippen molar-refractivity contribution in [1.29, 1.82) is 0 Å². The summed E-state index contributed by atoms with van der Waals surface area (Å²) in [6, 6.07) is 10.7. The monoisotopic (exact) mass is 378 g/mol. The van der Waals surface area contributed by atoms with E-state index in [9.17, 15) is 9.59 Å². The first-order valence-electron chi connectivity index (χ1n) is 7.21. The Morgan fingerprint density at radius 1 is 1.08 bits per heavy atom. The standard InChI is InChI=1S/C18H12Cl2O5/c1-23-16-6-10-2-5-18(22)25-15(10)8-17(16)24-9-14(21)12-4-3-11(19)7-13(12)20/h2-8H,9H2,1H3. The normalized spacial score (nSPS) is 10.7. The predicted octanol–water partition coefficient (Wildman–Crippen LogP) is 4.37. The van der Waals surface area contributed by atoms with Crippen LogP contribution in [0.25, 0.3) is 11.0 Å². The summed E-state index contributed by atoms with van der Waals surface area (Å²) in [6.45, 7) is -0.264. The molecule has 0 aliphatic carbocycles. The minimum absolute atomic E-state index is 0.248. The average molecular weight is 379 g/mol. The van der Waals surface area contributed by atoms with Gasteiger partial charge in [-0.2, -0.15) is 0 Å². The number of benzene rings is 2. The number of fused-ring (bicyclic) bond motifs is 1. The number of carbonyl (C=O) groups is 1. The highest BCUT2D eigenvalue weighted by atomic mass is 35.5. The first-order valence-corrected chi connectivity index (χ1v) is 7.96. The predicted molar refractivity (Wildman–Crippen MR) is 95.3 cm³/mol. The fourth-order valence-electron chi connectivity index (χ4n) is 2.28. The van der Waals surface area contributed by atoms with Crippen LogP contribution in [0.15, 0.2) is 51.7 Å². The fourth-order valence-corrected chi connectivity index (χ4v) is 2.80. The van der Waals surface area contributed by atoms with E-state index in [2.05, 4.69) is 0 Å². The van der Waals surface area contributed by atoms with Crippen molar-refractivity contribution in [3.05, 3.63) is 68.5 Å². The first kappa shape index (κ1) is 17.3. The van der Waals surface area contributed by atoms with E-state index in [0.29, 0.717) is 27.3 Å². The van der Waals surface area contributed by atoms with Crippen LogP contribution >= 0.6 is 23.2 Å². The average Bonchev–Trinajstić information content (AvgIpc) is 2.58. The van der Waals surface area contributed by atoms with E-state index < -0.39 is 5.63 Å². The lowest BCUT2D eigenvalue weighted by Crippen LogP contribution is -2.12. The molecule has 0 aliphatic heterocycles. The maximum absolute atomic E-state index is 12.3. The van der Waals surface area contributed by atoms with Crippen LogP contribution in [0.2, 0.25) is 10.0 Å². The quantitative estimate of drug-likeness (QED) is 0.487. The molecule has 0 bridgehead atoms. The summed E-state index contributed by atoms with van der Waals surface area (Å²) in [5, 5.41) is 1.36. The van der Waals surface area contributed by atoms with Crippen LogP contribution in [0.1, 0.15) is 10.4 Å². The van der Waals surface area contributed by atoms with Crippen molar-refractivity contribution in [2.24, 2.45) is 0 Å². The van der Waals surface area contributed by atoms with Gasteiger partial charge < -0.3 is 13.9 Å². The van der Waals surface area contributed by atoms with Crippen LogP contribution in [0.5, 0.6) is 11.5 Å². The Kier molecular flexibility index (Phi) is 4.97. The molecule has 1 aromatic heterocycles. The third-order valence-electron chi connectivity index (χ3n) is 3.50. The summed E-state index contributed by atoms with van der Waals surface area (Å²) in [7, 11) is 1.48. The zero-order valence-corrected chi connectivity index (χ0v) is 14.6. The van der Waals surface area contributed by atoms with E-state index in [1.807, 2.05) is 0 Å². The Morgan fingerprint density at radius 3 is 2.60 bits per heavy atom. The van der Waals surface area contributed by atoms with Gasteiger partial charge in [0.15, 0.2) is 18.1 Å². The van der Waals surface area contributed by atoms with Crippen molar-refractivity contribution < 1.29 is 18.7 Å². The minimum atomic E-state index is -0.479. The van der Waals surface area contributed by atoms with E-state index in [1.54, 1.807) is 18.2 Å². The third kappa shape index (κ3) is 3.78. The molecule has 3 rings (SSSR count). The smallest absolute Gasteiger partial charge is 0.336 e. The summed E-state index contributed by atoms with van der Waals surface area (Å²) in [6.07, 6.45) is 0. The van der Waals surface area contributed by atoms with Gasteiger partial charge in [-0.25, -0.2) is 4.79 Å². The highest BCUT2D eigenvalue weighted by Crippen LogP contribution is 2.32. The second-order valence-corrected chi connectivity index (χ2v) is 5.97. The van der Waals surface area contributed by atoms with Gasteiger partial charge in [-0.15, -0.1) is 0 Å². The molecule has 5 nitrogen and oxygen atoms in total. The maximum atomic E-state index is 12.3. The number of ether oxygens (including phenoxy) is 2. The number of rotatable bonds is 5. The summed E-state index contributed by atoms with van der Waals surface area (Å²) < 4.78 is 15.9. The summed E-state index contributed by atoms with van der Waals surface area (Å²) >= 11 is 11.8. The molecule has 0 atom stereocenters. The molecule has 7 heteroatoms. The number of carbonyl (C=O) groups excluding carboxylic acids is 1. The van der Waals surface area contributed by atoms with Crippen LogP contribution in [-0.4, -0.2) is 19.5 Å². The molecule has 3 aromatic rings. The summed E-state index contributed by atoms with van der Waals surface area (Å²) in [5.74, 6) is 0.373. The Balaban J connectivity index is 1.86. The van der Waals surface area contributed by atoms with E-state index in [0.717, 1.165) is 0 Å². The fraction of sp³-hybridized carbons (Fsp3) is 0.111. The highest BCUT2D eigenvalue weighted by Gasteiger charge is 2.14. The van der Waals surface area contributed by atoms with Gasteiger partial charge in [0.25, 0.3) is 0 Å². The molecule has 0 radical (unpaired) electrons. The molecule has 25 heavy (non-hydrogen) atoms. The van der Waals surface area contributed by atoms with Crippen molar-refractivity contribution >= 4 is 40.0 Å². The van der Waals surface area contributed by atoms with Crippen LogP contribution < -0.4 is 15.1 Å². The first-order chi connectivity index (χ1) is 12.0. The molecule has 0 fully saturated rings. The van der Waals surface area contributed by atoms with Gasteiger partial charge in [-0.1, -0.05) is 23.2 Å². The Hall–Kier alpha value is -2.50. The second kappa shape index (κ2) is 7.17. The molecule has 0 spiro atoms. The van der Waals surface area contributed by atoms with Gasteiger partial charge >= 0.3 is 5.63 Å². The van der Waals surface area contributed by atoms with Crippen LogP contribution in [0.3, 0.4) is 0 Å². The lowest BCUT2D eigenvalue weighted by molar-refractivity contribution is 0.0919. The van der Waals surface area contributed by atoms with Crippen molar-refractivity contribution in [2.75, 3.05) is 13.7 Å². The molecule has 128 valence electrons. The zero-order chi connectivity index (χ0) is 18.0. The van der Waals surface area contributed by atoms with Crippen LogP contribution in [0, 0.1) is 0 Å². The Labute approximate surface area is 152 Å². The molecular formula is C18H12Cl2O5. The lowest BCUT2D eigenvalue weighted by Gasteiger charge is -2.11. The number of halogens is 2. The number of ketones is 1. The van der Waals surface area contributed by atoms with Crippen LogP contribution in [0.4, 0.5) is 0 Å². The molecule has 2 aromatic carbocycles. The molecular weight excluding hydrogens is 367 g/mol. The number of hydrogen-bond acceptors (Lipinski definition) is 5. The maximum Gasteiger partial charge on any atom is 0.336 e. The molecule has 0 amide bonds. The molecule has 0 N–H and O–H groups in total. The largest absolute Gasteiger partial charge is 0.493 e. The van der Waals surface area contributed by atoms with Crippen molar-refractivity contribution in [3.8, 4) is 11.5 Å². The number of methoxy groups -OCH3 is 1. The lowest BCUT2D eigenvalue weighted by atomic mass is 10.1. The second-order valence-electron chi connectivity index (χ2n) is 5.13. The van der Waals surface area contributed by atoms with Crippen LogP contribution in [-0.2, 0) is 0 Å². The van der Waals surface area contributed by atoms with Gasteiger partial charge in [0.1, 0.15) is 5.58 Å².